The molecule has 10 heavy (non-hydrogen) atoms. The molecule has 1 aliphatic rings. The molecule has 0 saturated carbocycles. The molecular weight excluding hydrogens is 128 g/mol. The molecule has 0 unspecified atom stereocenters. The zero-order valence-corrected chi connectivity index (χ0v) is 6.00. The molecule has 0 saturated heterocycles. The Morgan fingerprint density at radius 3 is 2.70 bits per heavy atom. The molecule has 0 fully saturated rings. The van der Waals surface area contributed by atoms with Crippen LogP contribution in [0.4, 0.5) is 0 Å². The lowest BCUT2D eigenvalue weighted by atomic mass is 10.0. The molecule has 0 aromatic heterocycles. The summed E-state index contributed by atoms with van der Waals surface area (Å²) in [6.07, 6.45) is 6.00. The summed E-state index contributed by atoms with van der Waals surface area (Å²) < 4.78 is 4.98. The van der Waals surface area contributed by atoms with Crippen LogP contribution < -0.4 is 11.5 Å². The molecule has 4 N–H and O–H groups in total. The molecule has 3 nitrogen and oxygen atoms in total. The molecule has 1 aliphatic carbocycles. The minimum atomic E-state index is -0.722. The summed E-state index contributed by atoms with van der Waals surface area (Å²) in [6.45, 7) is 0. The van der Waals surface area contributed by atoms with Gasteiger partial charge in [0.1, 0.15) is 0 Å². The normalized spacial score (nSPS) is 22.1. The summed E-state index contributed by atoms with van der Waals surface area (Å²) in [5, 5.41) is 0. The fraction of sp³-hybridized carbons (Fsp3) is 0.429. The van der Waals surface area contributed by atoms with Gasteiger partial charge in [0.25, 0.3) is 0 Å². The van der Waals surface area contributed by atoms with Gasteiger partial charge in [-0.1, -0.05) is 6.08 Å². The monoisotopic (exact) mass is 140 g/mol. The standard InChI is InChI=1S/C7H12N2O/c1-10-6-3-2-4-7(8,9)5-6/h2-4H,5,8-9H2,1H3. The van der Waals surface area contributed by atoms with Crippen molar-refractivity contribution < 1.29 is 4.74 Å². The van der Waals surface area contributed by atoms with E-state index < -0.39 is 5.66 Å². The maximum absolute atomic E-state index is 5.61. The zero-order valence-electron chi connectivity index (χ0n) is 6.00. The Hall–Kier alpha value is -0.800. The van der Waals surface area contributed by atoms with E-state index in [9.17, 15) is 0 Å². The third kappa shape index (κ3) is 1.59. The largest absolute Gasteiger partial charge is 0.501 e. The van der Waals surface area contributed by atoms with Crippen LogP contribution >= 0.6 is 0 Å². The van der Waals surface area contributed by atoms with Crippen molar-refractivity contribution in [2.45, 2.75) is 12.1 Å². The highest BCUT2D eigenvalue weighted by atomic mass is 16.5. The summed E-state index contributed by atoms with van der Waals surface area (Å²) in [5.74, 6) is 0.826. The molecule has 0 spiro atoms. The molecule has 0 bridgehead atoms. The SMILES string of the molecule is COC1=CC=CC(N)(N)C1. The molecule has 0 heterocycles. The minimum absolute atomic E-state index is 0.569. The molecule has 0 amide bonds. The van der Waals surface area contributed by atoms with E-state index in [1.807, 2.05) is 12.2 Å². The number of rotatable bonds is 1. The summed E-state index contributed by atoms with van der Waals surface area (Å²) in [5.41, 5.74) is 10.5. The van der Waals surface area contributed by atoms with E-state index in [0.717, 1.165) is 5.76 Å². The van der Waals surface area contributed by atoms with Gasteiger partial charge in [-0.25, -0.2) is 0 Å². The molecule has 0 aromatic rings. The predicted molar refractivity (Wildman–Crippen MR) is 40.0 cm³/mol. The van der Waals surface area contributed by atoms with E-state index in [-0.39, 0.29) is 0 Å². The van der Waals surface area contributed by atoms with E-state index in [0.29, 0.717) is 6.42 Å². The second-order valence-electron chi connectivity index (χ2n) is 2.49. The Bertz CT molecular complexity index is 182. The summed E-state index contributed by atoms with van der Waals surface area (Å²) in [7, 11) is 1.61. The van der Waals surface area contributed by atoms with Crippen molar-refractivity contribution in [3.63, 3.8) is 0 Å². The van der Waals surface area contributed by atoms with Crippen molar-refractivity contribution in [1.29, 1.82) is 0 Å². The average molecular weight is 140 g/mol. The van der Waals surface area contributed by atoms with Crippen molar-refractivity contribution in [2.75, 3.05) is 7.11 Å². The third-order valence-corrected chi connectivity index (χ3v) is 1.43. The molecule has 0 radical (unpaired) electrons. The number of hydrogen-bond donors (Lipinski definition) is 2. The maximum atomic E-state index is 5.61. The van der Waals surface area contributed by atoms with Crippen LogP contribution in [0.1, 0.15) is 6.42 Å². The topological polar surface area (TPSA) is 61.3 Å². The van der Waals surface area contributed by atoms with Gasteiger partial charge in [0.05, 0.1) is 18.5 Å². The average Bonchev–Trinajstić information content (AvgIpc) is 1.86. The van der Waals surface area contributed by atoms with Crippen LogP contribution in [0, 0.1) is 0 Å². The van der Waals surface area contributed by atoms with Gasteiger partial charge in [0, 0.05) is 6.42 Å². The summed E-state index contributed by atoms with van der Waals surface area (Å²) in [4.78, 5) is 0. The molecule has 3 heteroatoms. The van der Waals surface area contributed by atoms with Gasteiger partial charge in [-0.2, -0.15) is 0 Å². The van der Waals surface area contributed by atoms with Crippen LogP contribution in [-0.2, 0) is 4.74 Å². The number of ether oxygens (including phenoxy) is 1. The third-order valence-electron chi connectivity index (χ3n) is 1.43. The molecule has 56 valence electrons. The van der Waals surface area contributed by atoms with Gasteiger partial charge in [0.15, 0.2) is 0 Å². The maximum Gasteiger partial charge on any atom is 0.0990 e. The Morgan fingerprint density at radius 1 is 1.60 bits per heavy atom. The number of methoxy groups -OCH3 is 1. The summed E-state index contributed by atoms with van der Waals surface area (Å²) >= 11 is 0. The highest BCUT2D eigenvalue weighted by Crippen LogP contribution is 2.15. The fourth-order valence-corrected chi connectivity index (χ4v) is 0.894. The molecule has 0 aromatic carbocycles. The van der Waals surface area contributed by atoms with Crippen molar-refractivity contribution in [1.82, 2.24) is 0 Å². The molecule has 1 rings (SSSR count). The van der Waals surface area contributed by atoms with Crippen LogP contribution in [0.3, 0.4) is 0 Å². The van der Waals surface area contributed by atoms with E-state index in [4.69, 9.17) is 16.2 Å². The van der Waals surface area contributed by atoms with Gasteiger partial charge < -0.3 is 16.2 Å². The highest BCUT2D eigenvalue weighted by molar-refractivity contribution is 5.21. The van der Waals surface area contributed by atoms with Crippen LogP contribution in [0.5, 0.6) is 0 Å². The fourth-order valence-electron chi connectivity index (χ4n) is 0.894. The quantitative estimate of drug-likeness (QED) is 0.507. The van der Waals surface area contributed by atoms with Crippen LogP contribution in [0.2, 0.25) is 0 Å². The van der Waals surface area contributed by atoms with Crippen molar-refractivity contribution >= 4 is 0 Å². The van der Waals surface area contributed by atoms with E-state index in [2.05, 4.69) is 0 Å². The molecular formula is C7H12N2O. The van der Waals surface area contributed by atoms with E-state index >= 15 is 0 Å². The van der Waals surface area contributed by atoms with Crippen molar-refractivity contribution in [3.05, 3.63) is 24.0 Å². The second-order valence-corrected chi connectivity index (χ2v) is 2.49. The molecule has 0 aliphatic heterocycles. The Morgan fingerprint density at radius 2 is 2.30 bits per heavy atom. The smallest absolute Gasteiger partial charge is 0.0990 e. The van der Waals surface area contributed by atoms with Gasteiger partial charge in [0.2, 0.25) is 0 Å². The lowest BCUT2D eigenvalue weighted by molar-refractivity contribution is 0.258. The second kappa shape index (κ2) is 2.44. The van der Waals surface area contributed by atoms with Crippen molar-refractivity contribution in [2.24, 2.45) is 11.5 Å². The zero-order chi connectivity index (χ0) is 7.61. The van der Waals surface area contributed by atoms with Crippen LogP contribution in [0.15, 0.2) is 24.0 Å². The van der Waals surface area contributed by atoms with E-state index in [1.165, 1.54) is 0 Å². The Labute approximate surface area is 60.3 Å². The Balaban J connectivity index is 2.68. The van der Waals surface area contributed by atoms with Gasteiger partial charge in [-0.05, 0) is 12.2 Å². The first-order valence-corrected chi connectivity index (χ1v) is 3.14. The summed E-state index contributed by atoms with van der Waals surface area (Å²) in [6, 6.07) is 0. The first-order chi connectivity index (χ1) is 4.64. The number of allylic oxidation sites excluding steroid dienone is 2. The minimum Gasteiger partial charge on any atom is -0.501 e. The van der Waals surface area contributed by atoms with E-state index in [1.54, 1.807) is 13.2 Å². The first-order valence-electron chi connectivity index (χ1n) is 3.14. The Kier molecular flexibility index (Phi) is 1.78. The van der Waals surface area contributed by atoms with Gasteiger partial charge in [-0.15, -0.1) is 0 Å². The van der Waals surface area contributed by atoms with Crippen LogP contribution in [-0.4, -0.2) is 12.8 Å². The highest BCUT2D eigenvalue weighted by Gasteiger charge is 2.19. The van der Waals surface area contributed by atoms with Gasteiger partial charge >= 0.3 is 0 Å². The van der Waals surface area contributed by atoms with Gasteiger partial charge in [-0.3, -0.25) is 0 Å². The number of nitrogens with two attached hydrogens (primary N) is 2. The first kappa shape index (κ1) is 7.31. The lowest BCUT2D eigenvalue weighted by Gasteiger charge is -2.23. The predicted octanol–water partition coefficient (Wildman–Crippen LogP) is 0.0903. The number of hydrogen-bond acceptors (Lipinski definition) is 3. The van der Waals surface area contributed by atoms with Crippen molar-refractivity contribution in [3.8, 4) is 0 Å². The van der Waals surface area contributed by atoms with Crippen LogP contribution in [0.25, 0.3) is 0 Å². The lowest BCUT2D eigenvalue weighted by Crippen LogP contribution is -2.48. The molecule has 0 atom stereocenters.